The summed E-state index contributed by atoms with van der Waals surface area (Å²) in [6.45, 7) is 0.620. The molecule has 3 aromatic rings. The van der Waals surface area contributed by atoms with Crippen molar-refractivity contribution in [3.63, 3.8) is 0 Å². The number of benzene rings is 1. The van der Waals surface area contributed by atoms with Crippen molar-refractivity contribution in [1.82, 2.24) is 14.3 Å². The predicted octanol–water partition coefficient (Wildman–Crippen LogP) is 2.56. The lowest BCUT2D eigenvalue weighted by Crippen LogP contribution is -2.35. The minimum absolute atomic E-state index is 0.0381. The topological polar surface area (TPSA) is 63.9 Å². The average Bonchev–Trinajstić information content (AvgIpc) is 3.04. The van der Waals surface area contributed by atoms with Crippen LogP contribution in [0.2, 0.25) is 5.02 Å². The SMILES string of the molecule is CN(CCOc1cccc(Cl)c1)C(=O)c1cnc2sccn2c1=O. The summed E-state index contributed by atoms with van der Waals surface area (Å²) in [5.41, 5.74) is -0.329. The minimum atomic E-state index is -0.386. The molecule has 2 heterocycles. The molecule has 0 saturated heterocycles. The van der Waals surface area contributed by atoms with Crippen LogP contribution in [0.25, 0.3) is 4.96 Å². The van der Waals surface area contributed by atoms with Crippen LogP contribution in [0.5, 0.6) is 5.75 Å². The van der Waals surface area contributed by atoms with Crippen molar-refractivity contribution in [1.29, 1.82) is 0 Å². The normalized spacial score (nSPS) is 10.8. The zero-order valence-electron chi connectivity index (χ0n) is 12.8. The lowest BCUT2D eigenvalue weighted by molar-refractivity contribution is 0.0771. The number of fused-ring (bicyclic) bond motifs is 1. The molecular formula is C16H14ClN3O3S. The monoisotopic (exact) mass is 363 g/mol. The maximum Gasteiger partial charge on any atom is 0.271 e. The number of rotatable bonds is 5. The quantitative estimate of drug-likeness (QED) is 0.699. The zero-order chi connectivity index (χ0) is 17.1. The van der Waals surface area contributed by atoms with Gasteiger partial charge in [0.2, 0.25) is 0 Å². The fourth-order valence-corrected chi connectivity index (χ4v) is 2.99. The Labute approximate surface area is 146 Å². The Balaban J connectivity index is 1.65. The van der Waals surface area contributed by atoms with Gasteiger partial charge in [0.15, 0.2) is 4.96 Å². The Morgan fingerprint density at radius 3 is 3.08 bits per heavy atom. The van der Waals surface area contributed by atoms with Crippen molar-refractivity contribution in [2.45, 2.75) is 0 Å². The van der Waals surface area contributed by atoms with Crippen LogP contribution in [0.15, 0.2) is 46.8 Å². The molecule has 6 nitrogen and oxygen atoms in total. The van der Waals surface area contributed by atoms with Crippen LogP contribution in [0.4, 0.5) is 0 Å². The first-order valence-corrected chi connectivity index (χ1v) is 8.41. The van der Waals surface area contributed by atoms with E-state index in [9.17, 15) is 9.59 Å². The zero-order valence-corrected chi connectivity index (χ0v) is 14.4. The predicted molar refractivity (Wildman–Crippen MR) is 93.2 cm³/mol. The number of thiazole rings is 1. The Bertz CT molecular complexity index is 937. The highest BCUT2D eigenvalue weighted by Crippen LogP contribution is 2.17. The summed E-state index contributed by atoms with van der Waals surface area (Å²) in [4.78, 5) is 30.9. The van der Waals surface area contributed by atoms with E-state index in [0.29, 0.717) is 22.3 Å². The number of carbonyl (C=O) groups excluding carboxylic acids is 1. The molecule has 124 valence electrons. The van der Waals surface area contributed by atoms with Gasteiger partial charge in [0.1, 0.15) is 17.9 Å². The minimum Gasteiger partial charge on any atom is -0.492 e. The van der Waals surface area contributed by atoms with Crippen molar-refractivity contribution < 1.29 is 9.53 Å². The molecule has 0 aliphatic heterocycles. The van der Waals surface area contributed by atoms with E-state index in [4.69, 9.17) is 16.3 Å². The molecule has 0 radical (unpaired) electrons. The summed E-state index contributed by atoms with van der Waals surface area (Å²) < 4.78 is 6.93. The van der Waals surface area contributed by atoms with Gasteiger partial charge in [-0.1, -0.05) is 17.7 Å². The van der Waals surface area contributed by atoms with Gasteiger partial charge in [-0.3, -0.25) is 14.0 Å². The first kappa shape index (κ1) is 16.5. The number of nitrogens with zero attached hydrogens (tertiary/aromatic N) is 3. The van der Waals surface area contributed by atoms with Crippen molar-refractivity contribution >= 4 is 33.8 Å². The molecular weight excluding hydrogens is 350 g/mol. The van der Waals surface area contributed by atoms with E-state index in [1.807, 2.05) is 0 Å². The molecule has 24 heavy (non-hydrogen) atoms. The van der Waals surface area contributed by atoms with E-state index in [-0.39, 0.29) is 23.6 Å². The molecule has 0 fully saturated rings. The lowest BCUT2D eigenvalue weighted by atomic mass is 10.3. The molecule has 0 aliphatic carbocycles. The van der Waals surface area contributed by atoms with Crippen LogP contribution >= 0.6 is 22.9 Å². The smallest absolute Gasteiger partial charge is 0.271 e. The van der Waals surface area contributed by atoms with Crippen molar-refractivity contribution in [2.75, 3.05) is 20.2 Å². The maximum atomic E-state index is 12.4. The Kier molecular flexibility index (Phi) is 4.82. The van der Waals surface area contributed by atoms with E-state index in [1.165, 1.54) is 26.8 Å². The number of likely N-dealkylation sites (N-methyl/N-ethyl adjacent to an activating group) is 1. The summed E-state index contributed by atoms with van der Waals surface area (Å²) in [5.74, 6) is 0.243. The molecule has 1 aromatic carbocycles. The molecule has 0 aliphatic rings. The first-order valence-electron chi connectivity index (χ1n) is 7.15. The molecule has 3 rings (SSSR count). The number of aromatic nitrogens is 2. The van der Waals surface area contributed by atoms with Crippen LogP contribution in [0, 0.1) is 0 Å². The molecule has 0 unspecified atom stereocenters. The third-order valence-electron chi connectivity index (χ3n) is 3.41. The van der Waals surface area contributed by atoms with E-state index >= 15 is 0 Å². The Morgan fingerprint density at radius 1 is 1.46 bits per heavy atom. The molecule has 0 N–H and O–H groups in total. The number of carbonyl (C=O) groups is 1. The van der Waals surface area contributed by atoms with E-state index in [2.05, 4.69) is 4.98 Å². The summed E-state index contributed by atoms with van der Waals surface area (Å²) in [6, 6.07) is 7.03. The Hall–Kier alpha value is -2.38. The average molecular weight is 364 g/mol. The number of hydrogen-bond acceptors (Lipinski definition) is 5. The van der Waals surface area contributed by atoms with Gasteiger partial charge in [-0.15, -0.1) is 11.3 Å². The van der Waals surface area contributed by atoms with Crippen LogP contribution in [0.1, 0.15) is 10.4 Å². The fraction of sp³-hybridized carbons (Fsp3) is 0.188. The third-order valence-corrected chi connectivity index (χ3v) is 4.42. The van der Waals surface area contributed by atoms with Gasteiger partial charge in [0.25, 0.3) is 11.5 Å². The summed E-state index contributed by atoms with van der Waals surface area (Å²) in [7, 11) is 1.62. The second-order valence-electron chi connectivity index (χ2n) is 5.07. The Morgan fingerprint density at radius 2 is 2.29 bits per heavy atom. The second kappa shape index (κ2) is 7.02. The fourth-order valence-electron chi connectivity index (χ4n) is 2.14. The molecule has 0 bridgehead atoms. The lowest BCUT2D eigenvalue weighted by Gasteiger charge is -2.17. The van der Waals surface area contributed by atoms with Gasteiger partial charge in [0, 0.05) is 29.8 Å². The largest absolute Gasteiger partial charge is 0.492 e. The molecule has 2 aromatic heterocycles. The number of amides is 1. The molecule has 1 amide bonds. The highest BCUT2D eigenvalue weighted by atomic mass is 35.5. The van der Waals surface area contributed by atoms with Gasteiger partial charge in [-0.05, 0) is 18.2 Å². The van der Waals surface area contributed by atoms with Crippen molar-refractivity contribution in [3.8, 4) is 5.75 Å². The van der Waals surface area contributed by atoms with Gasteiger partial charge in [-0.25, -0.2) is 4.98 Å². The molecule has 0 spiro atoms. The van der Waals surface area contributed by atoms with Crippen LogP contribution in [-0.4, -0.2) is 40.4 Å². The summed E-state index contributed by atoms with van der Waals surface area (Å²) >= 11 is 7.22. The second-order valence-corrected chi connectivity index (χ2v) is 6.37. The molecule has 0 saturated carbocycles. The first-order chi connectivity index (χ1) is 11.6. The van der Waals surface area contributed by atoms with Crippen LogP contribution in [-0.2, 0) is 0 Å². The van der Waals surface area contributed by atoms with Crippen molar-refractivity contribution in [2.24, 2.45) is 0 Å². The molecule has 8 heteroatoms. The highest BCUT2D eigenvalue weighted by Gasteiger charge is 2.17. The number of hydrogen-bond donors (Lipinski definition) is 0. The van der Waals surface area contributed by atoms with Gasteiger partial charge in [-0.2, -0.15) is 0 Å². The van der Waals surface area contributed by atoms with Crippen LogP contribution in [0.3, 0.4) is 0 Å². The van der Waals surface area contributed by atoms with E-state index in [1.54, 1.807) is 42.9 Å². The third kappa shape index (κ3) is 3.42. The van der Waals surface area contributed by atoms with Crippen molar-refractivity contribution in [3.05, 3.63) is 63.0 Å². The molecule has 0 atom stereocenters. The van der Waals surface area contributed by atoms with Gasteiger partial charge >= 0.3 is 0 Å². The van der Waals surface area contributed by atoms with Gasteiger partial charge < -0.3 is 9.64 Å². The van der Waals surface area contributed by atoms with Gasteiger partial charge in [0.05, 0.1) is 6.54 Å². The maximum absolute atomic E-state index is 12.4. The van der Waals surface area contributed by atoms with E-state index in [0.717, 1.165) is 0 Å². The number of ether oxygens (including phenoxy) is 1. The van der Waals surface area contributed by atoms with E-state index < -0.39 is 0 Å². The summed E-state index contributed by atoms with van der Waals surface area (Å²) in [5, 5.41) is 2.33. The highest BCUT2D eigenvalue weighted by molar-refractivity contribution is 7.15. The summed E-state index contributed by atoms with van der Waals surface area (Å²) in [6.07, 6.45) is 2.93. The van der Waals surface area contributed by atoms with Crippen LogP contribution < -0.4 is 10.3 Å². The number of halogens is 1. The standard InChI is InChI=1S/C16H14ClN3O3S/c1-19(5-7-23-12-4-2-3-11(17)9-12)14(21)13-10-18-16-20(15(13)22)6-8-24-16/h2-4,6,8-10H,5,7H2,1H3.